The van der Waals surface area contributed by atoms with Gasteiger partial charge in [-0.1, -0.05) is 46.3 Å². The van der Waals surface area contributed by atoms with Crippen molar-refractivity contribution < 1.29 is 0 Å². The van der Waals surface area contributed by atoms with Gasteiger partial charge in [-0.2, -0.15) is 11.2 Å². The second-order valence-corrected chi connectivity index (χ2v) is 14.5. The van der Waals surface area contributed by atoms with Gasteiger partial charge in [0.05, 0.1) is 0 Å². The normalized spacial score (nSPS) is 14.7. The molecule has 0 rings (SSSR count). The van der Waals surface area contributed by atoms with Crippen molar-refractivity contribution in [3.63, 3.8) is 0 Å². The van der Waals surface area contributed by atoms with Crippen molar-refractivity contribution in [2.75, 3.05) is 6.54 Å². The highest BCUT2D eigenvalue weighted by Crippen LogP contribution is 2.27. The molecule has 1 atom stereocenters. The zero-order valence-corrected chi connectivity index (χ0v) is 12.9. The van der Waals surface area contributed by atoms with Crippen molar-refractivity contribution >= 4 is 24.6 Å². The summed E-state index contributed by atoms with van der Waals surface area (Å²) in [5.74, 6) is 0. The van der Waals surface area contributed by atoms with E-state index in [9.17, 15) is 0 Å². The zero-order chi connectivity index (χ0) is 11.7. The summed E-state index contributed by atoms with van der Waals surface area (Å²) in [6.07, 6.45) is 7.05. The molecule has 0 amide bonds. The van der Waals surface area contributed by atoms with Crippen molar-refractivity contribution in [2.24, 2.45) is 4.99 Å². The molecule has 1 nitrogen and oxygen atoms in total. The summed E-state index contributed by atoms with van der Waals surface area (Å²) in [5, 5.41) is 0.759. The first-order valence-corrected chi connectivity index (χ1v) is 11.3. The highest BCUT2D eigenvalue weighted by molar-refractivity contribution is 8.29. The Kier molecular flexibility index (Phi) is 8.53. The van der Waals surface area contributed by atoms with E-state index in [1.165, 1.54) is 19.3 Å². The van der Waals surface area contributed by atoms with Crippen LogP contribution in [-0.2, 0) is 0 Å². The summed E-state index contributed by atoms with van der Waals surface area (Å²) in [5.41, 5.74) is 0. The molecule has 15 heavy (non-hydrogen) atoms. The highest BCUT2D eigenvalue weighted by atomic mass is 32.4. The van der Waals surface area contributed by atoms with Crippen LogP contribution in [0, 0.1) is 0 Å². The Balaban J connectivity index is 3.93. The Bertz CT molecular complexity index is 175. The Morgan fingerprint density at radius 3 is 2.33 bits per heavy atom. The van der Waals surface area contributed by atoms with Gasteiger partial charge in [-0.3, -0.25) is 4.99 Å². The van der Waals surface area contributed by atoms with E-state index in [1.54, 1.807) is 0 Å². The van der Waals surface area contributed by atoms with Crippen LogP contribution in [-0.4, -0.2) is 25.2 Å². The molecule has 3 heteroatoms. The first kappa shape index (κ1) is 15.2. The molecule has 0 spiro atoms. The third-order valence-corrected chi connectivity index (χ3v) is 6.53. The molecule has 0 aliphatic rings. The summed E-state index contributed by atoms with van der Waals surface area (Å²) in [6, 6.07) is 0. The van der Waals surface area contributed by atoms with Crippen LogP contribution in [0.25, 0.3) is 0 Å². The van der Waals surface area contributed by atoms with Crippen molar-refractivity contribution in [3.05, 3.63) is 0 Å². The lowest BCUT2D eigenvalue weighted by molar-refractivity contribution is 0.747. The fourth-order valence-electron chi connectivity index (χ4n) is 1.42. The third kappa shape index (κ3) is 10.5. The third-order valence-electron chi connectivity index (χ3n) is 1.99. The van der Waals surface area contributed by atoms with Gasteiger partial charge in [0.15, 0.2) is 0 Å². The van der Waals surface area contributed by atoms with Crippen molar-refractivity contribution in [2.45, 2.75) is 64.4 Å². The fourth-order valence-corrected chi connectivity index (χ4v) is 6.51. The van der Waals surface area contributed by atoms with Gasteiger partial charge in [0.1, 0.15) is 7.22 Å². The second-order valence-electron chi connectivity index (χ2n) is 4.98. The summed E-state index contributed by atoms with van der Waals surface area (Å²) in [6.45, 7) is 12.8. The van der Waals surface area contributed by atoms with Crippen LogP contribution in [0.2, 0.25) is 19.6 Å². The van der Waals surface area contributed by atoms with Gasteiger partial charge in [-0.15, -0.1) is 0 Å². The lowest BCUT2D eigenvalue weighted by atomic mass is 10.2. The van der Waals surface area contributed by atoms with E-state index in [2.05, 4.69) is 55.9 Å². The van der Waals surface area contributed by atoms with Crippen LogP contribution >= 0.6 is 11.2 Å². The highest BCUT2D eigenvalue weighted by Gasteiger charge is 2.19. The SMILES string of the molecule is CCC/C=N/CC(CCC)S[Si](C)(C)C. The number of aliphatic imine (C=N–C) groups is 1. The van der Waals surface area contributed by atoms with E-state index in [4.69, 9.17) is 0 Å². The lowest BCUT2D eigenvalue weighted by Crippen LogP contribution is -2.22. The van der Waals surface area contributed by atoms with Crippen molar-refractivity contribution in [3.8, 4) is 0 Å². The van der Waals surface area contributed by atoms with Gasteiger partial charge < -0.3 is 0 Å². The van der Waals surface area contributed by atoms with Crippen LogP contribution < -0.4 is 0 Å². The predicted molar refractivity (Wildman–Crippen MR) is 77.9 cm³/mol. The number of rotatable bonds is 8. The van der Waals surface area contributed by atoms with Gasteiger partial charge >= 0.3 is 0 Å². The number of hydrogen-bond donors (Lipinski definition) is 0. The zero-order valence-electron chi connectivity index (χ0n) is 11.0. The summed E-state index contributed by atoms with van der Waals surface area (Å²) in [4.78, 5) is 4.54. The molecule has 0 radical (unpaired) electrons. The monoisotopic (exact) mass is 245 g/mol. The first-order valence-electron chi connectivity index (χ1n) is 6.15. The summed E-state index contributed by atoms with van der Waals surface area (Å²) >= 11 is 2.21. The van der Waals surface area contributed by atoms with Crippen LogP contribution in [0.5, 0.6) is 0 Å². The van der Waals surface area contributed by atoms with Crippen LogP contribution in [0.1, 0.15) is 39.5 Å². The molecule has 0 fully saturated rings. The summed E-state index contributed by atoms with van der Waals surface area (Å²) < 4.78 is 0. The van der Waals surface area contributed by atoms with Gasteiger partial charge in [-0.25, -0.2) is 0 Å². The molecule has 0 N–H and O–H groups in total. The molecule has 0 aromatic heterocycles. The fraction of sp³-hybridized carbons (Fsp3) is 0.917. The average Bonchev–Trinajstić information content (AvgIpc) is 2.10. The van der Waals surface area contributed by atoms with E-state index in [1.807, 2.05) is 0 Å². The molecule has 0 bridgehead atoms. The molecule has 0 aromatic rings. The Morgan fingerprint density at radius 1 is 1.20 bits per heavy atom. The number of unbranched alkanes of at least 4 members (excludes halogenated alkanes) is 1. The molecular weight excluding hydrogens is 218 g/mol. The number of hydrogen-bond acceptors (Lipinski definition) is 2. The lowest BCUT2D eigenvalue weighted by Gasteiger charge is -2.22. The maximum Gasteiger partial charge on any atom is 0.108 e. The van der Waals surface area contributed by atoms with Gasteiger partial charge in [0, 0.05) is 11.8 Å². The minimum Gasteiger partial charge on any atom is -0.296 e. The quantitative estimate of drug-likeness (QED) is 0.450. The standard InChI is InChI=1S/C12H27NSSi/c1-6-8-10-13-11-12(9-7-2)14-15(3,4)5/h10,12H,6-9,11H2,1-5H3/b13-10+. The smallest absolute Gasteiger partial charge is 0.108 e. The average molecular weight is 246 g/mol. The number of nitrogens with zero attached hydrogens (tertiary/aromatic N) is 1. The van der Waals surface area contributed by atoms with E-state index >= 15 is 0 Å². The Morgan fingerprint density at radius 2 is 1.87 bits per heavy atom. The van der Waals surface area contributed by atoms with Crippen molar-refractivity contribution in [1.82, 2.24) is 0 Å². The van der Waals surface area contributed by atoms with Gasteiger partial charge in [0.2, 0.25) is 0 Å². The topological polar surface area (TPSA) is 12.4 Å². The van der Waals surface area contributed by atoms with E-state index in [0.717, 1.165) is 18.2 Å². The minimum absolute atomic E-state index is 0.759. The predicted octanol–water partition coefficient (Wildman–Crippen LogP) is 4.59. The van der Waals surface area contributed by atoms with Crippen LogP contribution in [0.4, 0.5) is 0 Å². The second kappa shape index (κ2) is 8.40. The molecule has 0 aliphatic carbocycles. The molecule has 0 saturated heterocycles. The van der Waals surface area contributed by atoms with Gasteiger partial charge in [-0.05, 0) is 19.1 Å². The Hall–Kier alpha value is 0.237. The van der Waals surface area contributed by atoms with Crippen LogP contribution in [0.15, 0.2) is 4.99 Å². The maximum atomic E-state index is 4.54. The maximum absolute atomic E-state index is 4.54. The van der Waals surface area contributed by atoms with Crippen LogP contribution in [0.3, 0.4) is 0 Å². The molecular formula is C12H27NSSi. The molecule has 90 valence electrons. The molecule has 0 saturated carbocycles. The largest absolute Gasteiger partial charge is 0.296 e. The molecule has 0 aliphatic heterocycles. The first-order chi connectivity index (χ1) is 6.99. The summed E-state index contributed by atoms with van der Waals surface area (Å²) in [7, 11) is -0.983. The van der Waals surface area contributed by atoms with E-state index in [-0.39, 0.29) is 0 Å². The van der Waals surface area contributed by atoms with Crippen molar-refractivity contribution in [1.29, 1.82) is 0 Å². The van der Waals surface area contributed by atoms with E-state index < -0.39 is 7.22 Å². The van der Waals surface area contributed by atoms with E-state index in [0.29, 0.717) is 0 Å². The molecule has 1 unspecified atom stereocenters. The molecule has 0 heterocycles. The molecule has 0 aromatic carbocycles. The Labute approximate surface area is 101 Å². The minimum atomic E-state index is -0.983. The van der Waals surface area contributed by atoms with Gasteiger partial charge in [0.25, 0.3) is 0 Å².